The molecular weight excluding hydrogens is 294 g/mol. The van der Waals surface area contributed by atoms with Crippen molar-refractivity contribution in [3.63, 3.8) is 0 Å². The number of carboxylic acid groups (broad SMARTS) is 1. The number of nitrogens with zero attached hydrogens (tertiary/aromatic N) is 1. The molecule has 23 heavy (non-hydrogen) atoms. The number of fused-ring (bicyclic) bond motifs is 1. The molecule has 0 unspecified atom stereocenters. The lowest BCUT2D eigenvalue weighted by Crippen LogP contribution is -2.16. The van der Waals surface area contributed by atoms with E-state index in [1.54, 1.807) is 55.6 Å². The van der Waals surface area contributed by atoms with Crippen LogP contribution in [0, 0.1) is 0 Å². The maximum Gasteiger partial charge on any atom is 0.342 e. The molecule has 1 aromatic heterocycles. The molecule has 0 radical (unpaired) electrons. The number of aromatic carboxylic acids is 1. The molecule has 3 aromatic rings. The normalized spacial score (nSPS) is 10.5. The Morgan fingerprint density at radius 2 is 1.78 bits per heavy atom. The first kappa shape index (κ1) is 14.7. The van der Waals surface area contributed by atoms with Gasteiger partial charge in [-0.3, -0.25) is 4.79 Å². The van der Waals surface area contributed by atoms with Crippen LogP contribution in [0.25, 0.3) is 22.0 Å². The van der Waals surface area contributed by atoms with Gasteiger partial charge in [-0.15, -0.1) is 0 Å². The second kappa shape index (κ2) is 5.88. The summed E-state index contributed by atoms with van der Waals surface area (Å²) in [7, 11) is 1.55. The average Bonchev–Trinajstić information content (AvgIpc) is 2.70. The number of para-hydroxylation sites is 1. The highest BCUT2D eigenvalue weighted by Crippen LogP contribution is 2.26. The van der Waals surface area contributed by atoms with Crippen molar-refractivity contribution in [1.29, 1.82) is 0 Å². The fourth-order valence-electron chi connectivity index (χ4n) is 2.42. The van der Waals surface area contributed by atoms with Crippen molar-refractivity contribution in [3.05, 3.63) is 70.5 Å². The van der Waals surface area contributed by atoms with Crippen LogP contribution in [0.2, 0.25) is 0 Å². The lowest BCUT2D eigenvalue weighted by molar-refractivity contribution is 0.0696. The highest BCUT2D eigenvalue weighted by molar-refractivity contribution is 5.97. The third-order valence-electron chi connectivity index (χ3n) is 3.56. The molecule has 0 amide bonds. The van der Waals surface area contributed by atoms with Crippen molar-refractivity contribution in [1.82, 2.24) is 4.98 Å². The predicted octanol–water partition coefficient (Wildman–Crippen LogP) is 2.97. The molecule has 0 atom stereocenters. The van der Waals surface area contributed by atoms with Crippen LogP contribution in [0.3, 0.4) is 0 Å². The Morgan fingerprint density at radius 3 is 2.43 bits per heavy atom. The first-order valence-corrected chi connectivity index (χ1v) is 6.92. The van der Waals surface area contributed by atoms with E-state index in [-0.39, 0.29) is 5.56 Å². The Hall–Kier alpha value is -3.21. The van der Waals surface area contributed by atoms with E-state index in [1.807, 2.05) is 6.07 Å². The summed E-state index contributed by atoms with van der Waals surface area (Å²) >= 11 is 0. The van der Waals surface area contributed by atoms with Gasteiger partial charge in [-0.2, -0.15) is 0 Å². The molecule has 0 fully saturated rings. The Morgan fingerprint density at radius 1 is 1.09 bits per heavy atom. The van der Waals surface area contributed by atoms with E-state index in [0.717, 1.165) is 0 Å². The number of hydrogen-bond donors (Lipinski definition) is 1. The molecule has 0 bridgehead atoms. The topological polar surface area (TPSA) is 76.5 Å². The van der Waals surface area contributed by atoms with Crippen LogP contribution in [0.1, 0.15) is 10.4 Å². The van der Waals surface area contributed by atoms with Crippen molar-refractivity contribution in [2.75, 3.05) is 7.11 Å². The Labute approximate surface area is 131 Å². The smallest absolute Gasteiger partial charge is 0.342 e. The van der Waals surface area contributed by atoms with Gasteiger partial charge in [0.05, 0.1) is 12.6 Å². The van der Waals surface area contributed by atoms with Gasteiger partial charge in [0, 0.05) is 10.9 Å². The molecule has 0 spiro atoms. The van der Waals surface area contributed by atoms with Gasteiger partial charge in [-0.1, -0.05) is 30.3 Å². The summed E-state index contributed by atoms with van der Waals surface area (Å²) in [5.41, 5.74) is 0.304. The van der Waals surface area contributed by atoms with Gasteiger partial charge < -0.3 is 9.84 Å². The highest BCUT2D eigenvalue weighted by atomic mass is 16.5. The number of benzene rings is 2. The number of methoxy groups -OCH3 is 1. The fourth-order valence-corrected chi connectivity index (χ4v) is 2.42. The van der Waals surface area contributed by atoms with E-state index < -0.39 is 11.5 Å². The van der Waals surface area contributed by atoms with Gasteiger partial charge >= 0.3 is 5.97 Å². The molecule has 0 aliphatic heterocycles. The van der Waals surface area contributed by atoms with Crippen molar-refractivity contribution in [2.45, 2.75) is 0 Å². The van der Waals surface area contributed by atoms with E-state index >= 15 is 0 Å². The minimum Gasteiger partial charge on any atom is -0.497 e. The monoisotopic (exact) mass is 307 g/mol. The summed E-state index contributed by atoms with van der Waals surface area (Å²) in [6, 6.07) is 15.6. The quantitative estimate of drug-likeness (QED) is 0.805. The fraction of sp³-hybridized carbons (Fsp3) is 0.0556. The van der Waals surface area contributed by atoms with E-state index in [9.17, 15) is 14.7 Å². The zero-order valence-electron chi connectivity index (χ0n) is 12.3. The third-order valence-corrected chi connectivity index (χ3v) is 3.56. The van der Waals surface area contributed by atoms with Gasteiger partial charge in [0.1, 0.15) is 11.3 Å². The molecule has 5 nitrogen and oxygen atoms in total. The summed E-state index contributed by atoms with van der Waals surface area (Å²) in [5, 5.41) is 10.2. The summed E-state index contributed by atoms with van der Waals surface area (Å²) < 4.78 is 5.10. The maximum atomic E-state index is 12.3. The third kappa shape index (κ3) is 2.76. The van der Waals surface area contributed by atoms with Gasteiger partial charge in [0.25, 0.3) is 5.56 Å². The molecule has 5 heteroatoms. The van der Waals surface area contributed by atoms with Crippen LogP contribution in [-0.2, 0) is 0 Å². The number of hydrogen-bond acceptors (Lipinski definition) is 4. The molecule has 1 heterocycles. The summed E-state index contributed by atoms with van der Waals surface area (Å²) in [4.78, 5) is 27.8. The first-order valence-electron chi connectivity index (χ1n) is 6.92. The van der Waals surface area contributed by atoms with Crippen molar-refractivity contribution >= 4 is 16.9 Å². The van der Waals surface area contributed by atoms with Gasteiger partial charge in [0.15, 0.2) is 0 Å². The zero-order valence-corrected chi connectivity index (χ0v) is 12.3. The Bertz CT molecular complexity index is 949. The molecule has 2 aromatic carbocycles. The molecule has 114 valence electrons. The predicted molar refractivity (Wildman–Crippen MR) is 87.0 cm³/mol. The van der Waals surface area contributed by atoms with Crippen LogP contribution < -0.4 is 10.3 Å². The van der Waals surface area contributed by atoms with E-state index in [1.165, 1.54) is 0 Å². The van der Waals surface area contributed by atoms with E-state index in [2.05, 4.69) is 4.98 Å². The lowest BCUT2D eigenvalue weighted by atomic mass is 10.0. The number of aromatic nitrogens is 1. The zero-order chi connectivity index (χ0) is 16.4. The molecule has 1 N–H and O–H groups in total. The SMILES string of the molecule is COc1ccc(-c2cc3ccccc3nc(=O)c2C(=O)O)cc1. The number of carboxylic acids is 1. The number of carbonyl (C=O) groups is 1. The van der Waals surface area contributed by atoms with Crippen LogP contribution in [0.4, 0.5) is 0 Å². The minimum atomic E-state index is -1.30. The standard InChI is InChI=1S/C18H13NO4/c1-23-13-8-6-11(7-9-13)14-10-12-4-2-3-5-15(12)19-17(20)16(14)18(21)22/h2-10H,1H3,(H,21,22). The van der Waals surface area contributed by atoms with Crippen molar-refractivity contribution in [2.24, 2.45) is 0 Å². The van der Waals surface area contributed by atoms with Gasteiger partial charge in [0.2, 0.25) is 0 Å². The number of ether oxygens (including phenoxy) is 1. The average molecular weight is 307 g/mol. The lowest BCUT2D eigenvalue weighted by Gasteiger charge is -2.04. The van der Waals surface area contributed by atoms with Gasteiger partial charge in [-0.05, 0) is 29.8 Å². The molecule has 3 rings (SSSR count). The maximum absolute atomic E-state index is 12.3. The summed E-state index contributed by atoms with van der Waals surface area (Å²) in [6.07, 6.45) is 0. The van der Waals surface area contributed by atoms with Crippen LogP contribution in [0.15, 0.2) is 59.4 Å². The largest absolute Gasteiger partial charge is 0.497 e. The molecule has 0 saturated carbocycles. The second-order valence-electron chi connectivity index (χ2n) is 4.94. The van der Waals surface area contributed by atoms with Crippen molar-refractivity contribution in [3.8, 4) is 16.9 Å². The minimum absolute atomic E-state index is 0.332. The van der Waals surface area contributed by atoms with Crippen molar-refractivity contribution < 1.29 is 14.6 Å². The molecule has 0 aliphatic carbocycles. The summed E-state index contributed by atoms with van der Waals surface area (Å²) in [5.74, 6) is -0.648. The van der Waals surface area contributed by atoms with Crippen LogP contribution in [-0.4, -0.2) is 23.2 Å². The number of rotatable bonds is 3. The van der Waals surface area contributed by atoms with E-state index in [4.69, 9.17) is 4.74 Å². The Kier molecular flexibility index (Phi) is 3.76. The van der Waals surface area contributed by atoms with Gasteiger partial charge in [-0.25, -0.2) is 9.78 Å². The molecular formula is C18H13NO4. The second-order valence-corrected chi connectivity index (χ2v) is 4.94. The Balaban J connectivity index is 2.39. The first-order chi connectivity index (χ1) is 11.1. The van der Waals surface area contributed by atoms with Crippen LogP contribution in [0.5, 0.6) is 5.75 Å². The molecule has 0 aliphatic rings. The van der Waals surface area contributed by atoms with Crippen LogP contribution >= 0.6 is 0 Å². The summed E-state index contributed by atoms with van der Waals surface area (Å²) in [6.45, 7) is 0. The highest BCUT2D eigenvalue weighted by Gasteiger charge is 2.17. The molecule has 0 saturated heterocycles. The van der Waals surface area contributed by atoms with E-state index in [0.29, 0.717) is 27.8 Å².